The van der Waals surface area contributed by atoms with Gasteiger partial charge in [-0.25, -0.2) is 0 Å². The molecule has 0 saturated carbocycles. The van der Waals surface area contributed by atoms with Gasteiger partial charge in [-0.1, -0.05) is 66.2 Å². The van der Waals surface area contributed by atoms with Crippen molar-refractivity contribution in [1.29, 1.82) is 0 Å². The molecule has 4 aromatic carbocycles. The molecule has 39 heavy (non-hydrogen) atoms. The number of carboxylic acid groups (broad SMARTS) is 1. The summed E-state index contributed by atoms with van der Waals surface area (Å²) in [7, 11) is 1.52. The number of rotatable bonds is 8. The Balaban J connectivity index is 1.43. The second kappa shape index (κ2) is 11.4. The predicted octanol–water partition coefficient (Wildman–Crippen LogP) is 7.61. The number of thioether (sulfide) groups is 1. The number of amides is 1. The molecule has 1 aliphatic rings. The van der Waals surface area contributed by atoms with E-state index in [1.54, 1.807) is 30.0 Å². The number of hydrogen-bond acceptors (Lipinski definition) is 4. The monoisotopic (exact) mass is 555 g/mol. The lowest BCUT2D eigenvalue weighted by atomic mass is 9.96. The molecule has 7 heteroatoms. The van der Waals surface area contributed by atoms with Crippen LogP contribution in [0.3, 0.4) is 0 Å². The third-order valence-corrected chi connectivity index (χ3v) is 7.79. The second-order valence-corrected chi connectivity index (χ2v) is 10.5. The van der Waals surface area contributed by atoms with Crippen molar-refractivity contribution in [1.82, 2.24) is 0 Å². The number of carbonyl (C=O) groups is 2. The molecular weight excluding hydrogens is 530 g/mol. The van der Waals surface area contributed by atoms with Gasteiger partial charge >= 0.3 is 5.97 Å². The zero-order valence-corrected chi connectivity index (χ0v) is 23.0. The van der Waals surface area contributed by atoms with E-state index >= 15 is 0 Å². The molecule has 0 radical (unpaired) electrons. The van der Waals surface area contributed by atoms with Crippen LogP contribution in [0.4, 0.5) is 5.69 Å². The fourth-order valence-corrected chi connectivity index (χ4v) is 5.42. The number of carboxylic acids is 1. The van der Waals surface area contributed by atoms with E-state index in [9.17, 15) is 14.7 Å². The first-order valence-electron chi connectivity index (χ1n) is 12.3. The first-order valence-corrected chi connectivity index (χ1v) is 13.9. The molecule has 1 heterocycles. The fraction of sp³-hybridized carbons (Fsp3) is 0.125. The second-order valence-electron chi connectivity index (χ2n) is 9.18. The van der Waals surface area contributed by atoms with Crippen LogP contribution >= 0.6 is 23.4 Å². The number of benzene rings is 4. The highest BCUT2D eigenvalue weighted by atomic mass is 35.5. The molecule has 0 spiro atoms. The van der Waals surface area contributed by atoms with Crippen molar-refractivity contribution in [3.63, 3.8) is 0 Å². The Morgan fingerprint density at radius 3 is 2.26 bits per heavy atom. The molecule has 5 nitrogen and oxygen atoms in total. The lowest BCUT2D eigenvalue weighted by molar-refractivity contribution is -0.136. The molecule has 5 rings (SSSR count). The molecule has 0 aliphatic carbocycles. The van der Waals surface area contributed by atoms with Gasteiger partial charge in [-0.2, -0.15) is 0 Å². The molecule has 0 bridgehead atoms. The summed E-state index contributed by atoms with van der Waals surface area (Å²) in [4.78, 5) is 25.3. The highest BCUT2D eigenvalue weighted by Crippen LogP contribution is 2.40. The van der Waals surface area contributed by atoms with Gasteiger partial charge in [0, 0.05) is 27.2 Å². The molecule has 1 aliphatic heterocycles. The van der Waals surface area contributed by atoms with Crippen LogP contribution in [0.2, 0.25) is 5.02 Å². The van der Waals surface area contributed by atoms with Crippen LogP contribution in [-0.2, 0) is 22.4 Å². The van der Waals surface area contributed by atoms with Crippen molar-refractivity contribution in [2.45, 2.75) is 17.7 Å². The van der Waals surface area contributed by atoms with Crippen molar-refractivity contribution < 1.29 is 19.4 Å². The summed E-state index contributed by atoms with van der Waals surface area (Å²) in [6.45, 7) is 0. The minimum absolute atomic E-state index is 0.138. The first kappa shape index (κ1) is 26.6. The smallest absolute Gasteiger partial charge is 0.307 e. The molecule has 4 aromatic rings. The van der Waals surface area contributed by atoms with E-state index in [1.807, 2.05) is 30.3 Å². The lowest BCUT2D eigenvalue weighted by Crippen LogP contribution is -2.04. The van der Waals surface area contributed by atoms with Crippen LogP contribution < -0.4 is 10.1 Å². The zero-order chi connectivity index (χ0) is 27.5. The summed E-state index contributed by atoms with van der Waals surface area (Å²) in [5.41, 5.74) is 7.55. The van der Waals surface area contributed by atoms with Crippen LogP contribution in [0.15, 0.2) is 89.8 Å². The zero-order valence-electron chi connectivity index (χ0n) is 21.5. The number of fused-ring (bicyclic) bond motifs is 1. The average Bonchev–Trinajstić information content (AvgIpc) is 3.24. The van der Waals surface area contributed by atoms with Gasteiger partial charge in [-0.05, 0) is 65.3 Å². The number of halogens is 1. The van der Waals surface area contributed by atoms with E-state index in [-0.39, 0.29) is 12.3 Å². The SMILES string of the molecule is COc1ccc(C/C=C2\C(=O)Nc3cc(Cl)c(-c4ccc(-c5ccc(SC)cc5)cc4)cc32)cc1CC(=O)O. The molecule has 0 unspecified atom stereocenters. The molecule has 0 atom stereocenters. The Morgan fingerprint density at radius 1 is 0.949 bits per heavy atom. The first-order chi connectivity index (χ1) is 18.9. The van der Waals surface area contributed by atoms with Crippen LogP contribution in [0.5, 0.6) is 5.75 Å². The number of carbonyl (C=O) groups excluding carboxylic acids is 1. The maximum Gasteiger partial charge on any atom is 0.307 e. The van der Waals surface area contributed by atoms with Crippen molar-refractivity contribution in [2.75, 3.05) is 18.7 Å². The Labute approximate surface area is 236 Å². The number of nitrogens with one attached hydrogen (secondary N) is 1. The van der Waals surface area contributed by atoms with E-state index in [4.69, 9.17) is 16.3 Å². The Hall–Kier alpha value is -4.00. The molecule has 0 saturated heterocycles. The third-order valence-electron chi connectivity index (χ3n) is 6.74. The Morgan fingerprint density at radius 2 is 1.62 bits per heavy atom. The van der Waals surface area contributed by atoms with Gasteiger partial charge in [0.2, 0.25) is 0 Å². The molecule has 0 aromatic heterocycles. The van der Waals surface area contributed by atoms with E-state index in [2.05, 4.69) is 48.0 Å². The number of aliphatic carboxylic acids is 1. The standard InChI is InChI=1S/C32H26ClNO4S/c1-38-30-14-4-19(15-23(30)16-31(35)36)3-13-25-27-17-26(28(33)18-29(27)34-32(25)37)22-7-5-20(6-8-22)21-9-11-24(39-2)12-10-21/h4-15,17-18H,3,16H2,1-2H3,(H,34,37)(H,35,36)/b25-13-. The number of hydrogen-bond donors (Lipinski definition) is 2. The molecule has 0 fully saturated rings. The van der Waals surface area contributed by atoms with Crippen LogP contribution in [0, 0.1) is 0 Å². The van der Waals surface area contributed by atoms with Gasteiger partial charge in [-0.15, -0.1) is 11.8 Å². The summed E-state index contributed by atoms with van der Waals surface area (Å²) in [5.74, 6) is -0.597. The van der Waals surface area contributed by atoms with Gasteiger partial charge < -0.3 is 15.2 Å². The van der Waals surface area contributed by atoms with Crippen LogP contribution in [-0.4, -0.2) is 30.3 Å². The summed E-state index contributed by atoms with van der Waals surface area (Å²) in [6.07, 6.45) is 4.25. The van der Waals surface area contributed by atoms with Crippen molar-refractivity contribution in [2.24, 2.45) is 0 Å². The van der Waals surface area contributed by atoms with Crippen LogP contribution in [0.25, 0.3) is 27.8 Å². The Kier molecular flexibility index (Phi) is 7.77. The molecule has 196 valence electrons. The average molecular weight is 556 g/mol. The summed E-state index contributed by atoms with van der Waals surface area (Å²) in [6, 6.07) is 25.9. The van der Waals surface area contributed by atoms with Gasteiger partial charge in [0.05, 0.1) is 24.2 Å². The van der Waals surface area contributed by atoms with Crippen LogP contribution in [0.1, 0.15) is 16.7 Å². The van der Waals surface area contributed by atoms with Crippen molar-refractivity contribution >= 4 is 46.5 Å². The largest absolute Gasteiger partial charge is 0.496 e. The van der Waals surface area contributed by atoms with E-state index in [1.165, 1.54) is 12.0 Å². The maximum absolute atomic E-state index is 12.8. The lowest BCUT2D eigenvalue weighted by Gasteiger charge is -2.10. The van der Waals surface area contributed by atoms with Gasteiger partial charge in [0.25, 0.3) is 5.91 Å². The number of methoxy groups -OCH3 is 1. The molecular formula is C32H26ClNO4S. The maximum atomic E-state index is 12.8. The van der Waals surface area contributed by atoms with Crippen molar-refractivity contribution in [3.8, 4) is 28.0 Å². The number of ether oxygens (including phenoxy) is 1. The Bertz CT molecular complexity index is 1590. The number of anilines is 1. The quantitative estimate of drug-likeness (QED) is 0.173. The molecule has 1 amide bonds. The minimum Gasteiger partial charge on any atom is -0.496 e. The topological polar surface area (TPSA) is 75.6 Å². The molecule has 2 N–H and O–H groups in total. The van der Waals surface area contributed by atoms with Gasteiger partial charge in [0.1, 0.15) is 5.75 Å². The minimum atomic E-state index is -0.932. The van der Waals surface area contributed by atoms with Gasteiger partial charge in [-0.3, -0.25) is 9.59 Å². The van der Waals surface area contributed by atoms with Gasteiger partial charge in [0.15, 0.2) is 0 Å². The van der Waals surface area contributed by atoms with E-state index < -0.39 is 5.97 Å². The highest BCUT2D eigenvalue weighted by Gasteiger charge is 2.26. The fourth-order valence-electron chi connectivity index (χ4n) is 4.74. The third kappa shape index (κ3) is 5.72. The summed E-state index contributed by atoms with van der Waals surface area (Å²) >= 11 is 8.37. The summed E-state index contributed by atoms with van der Waals surface area (Å²) in [5, 5.41) is 12.7. The van der Waals surface area contributed by atoms with E-state index in [0.29, 0.717) is 34.0 Å². The summed E-state index contributed by atoms with van der Waals surface area (Å²) < 4.78 is 5.29. The van der Waals surface area contributed by atoms with Crippen molar-refractivity contribution in [3.05, 3.63) is 107 Å². The predicted molar refractivity (Wildman–Crippen MR) is 159 cm³/mol. The van der Waals surface area contributed by atoms with E-state index in [0.717, 1.165) is 33.4 Å². The number of allylic oxidation sites excluding steroid dienone is 1. The highest BCUT2D eigenvalue weighted by molar-refractivity contribution is 7.98. The normalized spacial score (nSPS) is 13.3.